The molecular formula is C14H10BrFN2O2. The van der Waals surface area contributed by atoms with Gasteiger partial charge in [0.05, 0.1) is 18.4 Å². The lowest BCUT2D eigenvalue weighted by Crippen LogP contribution is -1.88. The second-order valence-corrected chi connectivity index (χ2v) is 5.12. The van der Waals surface area contributed by atoms with E-state index in [1.807, 2.05) is 0 Å². The summed E-state index contributed by atoms with van der Waals surface area (Å²) >= 11 is 3.33. The highest BCUT2D eigenvalue weighted by Gasteiger charge is 2.15. The molecule has 20 heavy (non-hydrogen) atoms. The number of halogens is 2. The van der Waals surface area contributed by atoms with Crippen LogP contribution in [0.1, 0.15) is 0 Å². The molecule has 3 rings (SSSR count). The van der Waals surface area contributed by atoms with Crippen LogP contribution in [0.15, 0.2) is 39.2 Å². The molecule has 0 saturated carbocycles. The van der Waals surface area contributed by atoms with Gasteiger partial charge in [-0.05, 0) is 24.3 Å². The first-order valence-electron chi connectivity index (χ1n) is 5.78. The number of benzene rings is 2. The van der Waals surface area contributed by atoms with Gasteiger partial charge in [-0.1, -0.05) is 15.9 Å². The first-order chi connectivity index (χ1) is 9.58. The van der Waals surface area contributed by atoms with Crippen molar-refractivity contribution in [3.63, 3.8) is 0 Å². The molecule has 0 amide bonds. The van der Waals surface area contributed by atoms with Crippen LogP contribution in [0, 0.1) is 5.82 Å². The predicted molar refractivity (Wildman–Crippen MR) is 78.1 cm³/mol. The number of anilines is 1. The summed E-state index contributed by atoms with van der Waals surface area (Å²) in [6, 6.07) is 7.96. The van der Waals surface area contributed by atoms with Gasteiger partial charge in [0.15, 0.2) is 5.58 Å². The van der Waals surface area contributed by atoms with E-state index in [1.54, 1.807) is 24.3 Å². The number of nitrogen functional groups attached to an aromatic ring is 1. The van der Waals surface area contributed by atoms with Gasteiger partial charge in [0.1, 0.15) is 17.1 Å². The first kappa shape index (κ1) is 12.9. The van der Waals surface area contributed by atoms with Crippen molar-refractivity contribution in [2.75, 3.05) is 12.8 Å². The van der Waals surface area contributed by atoms with E-state index in [9.17, 15) is 4.39 Å². The molecule has 1 aromatic heterocycles. The summed E-state index contributed by atoms with van der Waals surface area (Å²) in [4.78, 5) is 4.26. The lowest BCUT2D eigenvalue weighted by molar-refractivity contribution is 0.411. The standard InChI is InChI=1S/C14H10BrFN2O2/c1-19-8-2-3-9(10(16)6-8)14-18-12-5-7(15)4-11(17)13(12)20-14/h2-6H,17H2,1H3. The molecule has 0 aliphatic heterocycles. The zero-order valence-electron chi connectivity index (χ0n) is 10.5. The van der Waals surface area contributed by atoms with Crippen LogP contribution in [-0.4, -0.2) is 12.1 Å². The quantitative estimate of drug-likeness (QED) is 0.719. The highest BCUT2D eigenvalue weighted by molar-refractivity contribution is 9.10. The minimum atomic E-state index is -0.464. The van der Waals surface area contributed by atoms with E-state index in [4.69, 9.17) is 14.9 Å². The highest BCUT2D eigenvalue weighted by Crippen LogP contribution is 2.32. The van der Waals surface area contributed by atoms with E-state index in [2.05, 4.69) is 20.9 Å². The molecule has 4 nitrogen and oxygen atoms in total. The molecule has 0 spiro atoms. The van der Waals surface area contributed by atoms with Crippen LogP contribution < -0.4 is 10.5 Å². The van der Waals surface area contributed by atoms with Crippen LogP contribution in [0.2, 0.25) is 0 Å². The second kappa shape index (κ2) is 4.79. The number of oxazole rings is 1. The van der Waals surface area contributed by atoms with Crippen molar-refractivity contribution in [2.45, 2.75) is 0 Å². The van der Waals surface area contributed by atoms with Crippen LogP contribution in [0.3, 0.4) is 0 Å². The SMILES string of the molecule is COc1ccc(-c2nc3cc(Br)cc(N)c3o2)c(F)c1. The monoisotopic (exact) mass is 336 g/mol. The Morgan fingerprint density at radius 3 is 2.80 bits per heavy atom. The molecule has 0 aliphatic rings. The lowest BCUT2D eigenvalue weighted by Gasteiger charge is -2.02. The van der Waals surface area contributed by atoms with Crippen LogP contribution in [0.5, 0.6) is 5.75 Å². The largest absolute Gasteiger partial charge is 0.497 e. The van der Waals surface area contributed by atoms with E-state index >= 15 is 0 Å². The molecule has 1 heterocycles. The summed E-state index contributed by atoms with van der Waals surface area (Å²) in [5.74, 6) is 0.156. The Balaban J connectivity index is 2.17. The number of ether oxygens (including phenoxy) is 1. The van der Waals surface area contributed by atoms with Gasteiger partial charge in [0.2, 0.25) is 5.89 Å². The Hall–Kier alpha value is -2.08. The molecule has 0 fully saturated rings. The van der Waals surface area contributed by atoms with Gasteiger partial charge in [-0.15, -0.1) is 0 Å². The van der Waals surface area contributed by atoms with Crippen molar-refractivity contribution in [1.82, 2.24) is 4.98 Å². The van der Waals surface area contributed by atoms with E-state index in [1.165, 1.54) is 13.2 Å². The maximum atomic E-state index is 14.0. The molecule has 0 aliphatic carbocycles. The molecule has 102 valence electrons. The summed E-state index contributed by atoms with van der Waals surface area (Å²) in [6.07, 6.45) is 0. The number of nitrogens with zero attached hydrogens (tertiary/aromatic N) is 1. The van der Waals surface area contributed by atoms with Crippen molar-refractivity contribution in [1.29, 1.82) is 0 Å². The third kappa shape index (κ3) is 2.12. The van der Waals surface area contributed by atoms with Gasteiger partial charge in [-0.3, -0.25) is 0 Å². The normalized spacial score (nSPS) is 10.9. The van der Waals surface area contributed by atoms with Crippen molar-refractivity contribution >= 4 is 32.7 Å². The molecule has 6 heteroatoms. The van der Waals surface area contributed by atoms with Crippen LogP contribution in [-0.2, 0) is 0 Å². The molecule has 0 bridgehead atoms. The number of hydrogen-bond acceptors (Lipinski definition) is 4. The van der Waals surface area contributed by atoms with E-state index in [-0.39, 0.29) is 11.5 Å². The molecule has 0 unspecified atom stereocenters. The van der Waals surface area contributed by atoms with Crippen molar-refractivity contribution < 1.29 is 13.5 Å². The second-order valence-electron chi connectivity index (χ2n) is 4.21. The maximum Gasteiger partial charge on any atom is 0.230 e. The van der Waals surface area contributed by atoms with Crippen molar-refractivity contribution in [3.8, 4) is 17.2 Å². The van der Waals surface area contributed by atoms with Gasteiger partial charge in [-0.25, -0.2) is 9.37 Å². The topological polar surface area (TPSA) is 61.3 Å². The Morgan fingerprint density at radius 2 is 2.10 bits per heavy atom. The Morgan fingerprint density at radius 1 is 1.30 bits per heavy atom. The van der Waals surface area contributed by atoms with Crippen LogP contribution >= 0.6 is 15.9 Å². The zero-order valence-corrected chi connectivity index (χ0v) is 12.1. The maximum absolute atomic E-state index is 14.0. The average molecular weight is 337 g/mol. The minimum Gasteiger partial charge on any atom is -0.497 e. The number of methoxy groups -OCH3 is 1. The fourth-order valence-electron chi connectivity index (χ4n) is 1.93. The molecule has 2 N–H and O–H groups in total. The number of hydrogen-bond donors (Lipinski definition) is 1. The third-order valence-corrected chi connectivity index (χ3v) is 3.35. The smallest absolute Gasteiger partial charge is 0.230 e. The number of rotatable bonds is 2. The van der Waals surface area contributed by atoms with Gasteiger partial charge < -0.3 is 14.9 Å². The Bertz CT molecular complexity index is 801. The molecule has 0 atom stereocenters. The molecular weight excluding hydrogens is 327 g/mol. The third-order valence-electron chi connectivity index (χ3n) is 2.89. The highest BCUT2D eigenvalue weighted by atomic mass is 79.9. The average Bonchev–Trinajstić information content (AvgIpc) is 2.82. The minimum absolute atomic E-state index is 0.185. The van der Waals surface area contributed by atoms with Gasteiger partial charge in [0.25, 0.3) is 0 Å². The van der Waals surface area contributed by atoms with Gasteiger partial charge in [-0.2, -0.15) is 0 Å². The Labute approximate surface area is 122 Å². The molecule has 0 saturated heterocycles. The zero-order chi connectivity index (χ0) is 14.3. The Kier molecular flexibility index (Phi) is 3.10. The lowest BCUT2D eigenvalue weighted by atomic mass is 10.2. The first-order valence-corrected chi connectivity index (χ1v) is 6.57. The van der Waals surface area contributed by atoms with Gasteiger partial charge >= 0.3 is 0 Å². The van der Waals surface area contributed by atoms with Gasteiger partial charge in [0, 0.05) is 10.5 Å². The summed E-state index contributed by atoms with van der Waals surface area (Å²) in [6.45, 7) is 0. The number of fused-ring (bicyclic) bond motifs is 1. The van der Waals surface area contributed by atoms with E-state index < -0.39 is 5.82 Å². The number of aromatic nitrogens is 1. The fraction of sp³-hybridized carbons (Fsp3) is 0.0714. The summed E-state index contributed by atoms with van der Waals surface area (Å²) in [5, 5.41) is 0. The van der Waals surface area contributed by atoms with Crippen molar-refractivity contribution in [2.24, 2.45) is 0 Å². The fourth-order valence-corrected chi connectivity index (χ4v) is 2.40. The molecule has 3 aromatic rings. The molecule has 2 aromatic carbocycles. The van der Waals surface area contributed by atoms with E-state index in [0.717, 1.165) is 4.47 Å². The summed E-state index contributed by atoms with van der Waals surface area (Å²) in [5.41, 5.74) is 7.58. The molecule has 0 radical (unpaired) electrons. The predicted octanol–water partition coefficient (Wildman–Crippen LogP) is 3.99. The van der Waals surface area contributed by atoms with Crippen LogP contribution in [0.25, 0.3) is 22.6 Å². The van der Waals surface area contributed by atoms with Crippen molar-refractivity contribution in [3.05, 3.63) is 40.6 Å². The summed E-state index contributed by atoms with van der Waals surface area (Å²) < 4.78 is 25.3. The summed E-state index contributed by atoms with van der Waals surface area (Å²) in [7, 11) is 1.48. The number of nitrogens with two attached hydrogens (primary N) is 1. The van der Waals surface area contributed by atoms with E-state index in [0.29, 0.717) is 22.5 Å². The van der Waals surface area contributed by atoms with Crippen LogP contribution in [0.4, 0.5) is 10.1 Å².